The molecule has 0 saturated heterocycles. The van der Waals surface area contributed by atoms with Crippen molar-refractivity contribution >= 4 is 11.4 Å². The molecule has 0 aliphatic carbocycles. The molecule has 0 atom stereocenters. The third-order valence-electron chi connectivity index (χ3n) is 4.44. The van der Waals surface area contributed by atoms with Crippen LogP contribution in [-0.2, 0) is 0 Å². The van der Waals surface area contributed by atoms with E-state index in [0.717, 1.165) is 5.56 Å². The first-order chi connectivity index (χ1) is 13.2. The molecule has 27 heavy (non-hydrogen) atoms. The summed E-state index contributed by atoms with van der Waals surface area (Å²) in [6.07, 6.45) is 1.85. The molecule has 2 aromatic carbocycles. The molecule has 0 unspecified atom stereocenters. The second kappa shape index (κ2) is 6.96. The minimum atomic E-state index is -0.0842. The monoisotopic (exact) mass is 358 g/mol. The predicted molar refractivity (Wildman–Crippen MR) is 104 cm³/mol. The summed E-state index contributed by atoms with van der Waals surface area (Å²) in [5.74, 6) is 1.13. The van der Waals surface area contributed by atoms with Gasteiger partial charge in [-0.3, -0.25) is 9.20 Å². The lowest BCUT2D eigenvalue weighted by Crippen LogP contribution is -2.06. The molecule has 0 saturated carbocycles. The number of ether oxygens (including phenoxy) is 2. The van der Waals surface area contributed by atoms with E-state index < -0.39 is 0 Å². The molecular formula is C22H18N2O3. The van der Waals surface area contributed by atoms with Crippen LogP contribution in [0.25, 0.3) is 16.9 Å². The Hall–Kier alpha value is -3.60. The molecule has 0 amide bonds. The molecule has 0 aliphatic rings. The summed E-state index contributed by atoms with van der Waals surface area (Å²) >= 11 is 0. The number of hydrogen-bond donors (Lipinski definition) is 0. The molecule has 4 rings (SSSR count). The summed E-state index contributed by atoms with van der Waals surface area (Å²) in [6.45, 7) is 0. The zero-order valence-corrected chi connectivity index (χ0v) is 15.0. The van der Waals surface area contributed by atoms with Crippen LogP contribution in [0.2, 0.25) is 0 Å². The van der Waals surface area contributed by atoms with Crippen molar-refractivity contribution in [3.8, 4) is 22.8 Å². The summed E-state index contributed by atoms with van der Waals surface area (Å²) < 4.78 is 12.5. The van der Waals surface area contributed by atoms with E-state index in [1.807, 2.05) is 77.3 Å². The van der Waals surface area contributed by atoms with Gasteiger partial charge in [0.1, 0.15) is 17.0 Å². The Balaban J connectivity index is 1.95. The van der Waals surface area contributed by atoms with E-state index in [4.69, 9.17) is 14.5 Å². The molecule has 0 aliphatic heterocycles. The molecule has 0 radical (unpaired) electrons. The van der Waals surface area contributed by atoms with Crippen LogP contribution >= 0.6 is 0 Å². The van der Waals surface area contributed by atoms with Crippen LogP contribution < -0.4 is 9.47 Å². The van der Waals surface area contributed by atoms with Gasteiger partial charge in [-0.05, 0) is 30.3 Å². The Labute approximate surface area is 156 Å². The Bertz CT molecular complexity index is 1120. The number of fused-ring (bicyclic) bond motifs is 1. The first-order valence-corrected chi connectivity index (χ1v) is 8.52. The van der Waals surface area contributed by atoms with E-state index in [-0.39, 0.29) is 5.78 Å². The highest BCUT2D eigenvalue weighted by Gasteiger charge is 2.22. The van der Waals surface area contributed by atoms with Crippen LogP contribution in [0.1, 0.15) is 16.1 Å². The number of ketones is 1. The molecule has 134 valence electrons. The van der Waals surface area contributed by atoms with Gasteiger partial charge in [-0.15, -0.1) is 0 Å². The number of imidazole rings is 1. The fourth-order valence-corrected chi connectivity index (χ4v) is 3.12. The lowest BCUT2D eigenvalue weighted by Gasteiger charge is -2.10. The Morgan fingerprint density at radius 1 is 0.889 bits per heavy atom. The van der Waals surface area contributed by atoms with Gasteiger partial charge in [0.05, 0.1) is 14.2 Å². The standard InChI is InChI=1S/C22H18N2O3/c1-26-17-12-11-16(14-18(17)27-2)20-21(22(25)15-8-4-3-5-9-15)24-13-7-6-10-19(24)23-20/h3-14H,1-2H3. The summed E-state index contributed by atoms with van der Waals surface area (Å²) in [7, 11) is 3.17. The number of hydrogen-bond acceptors (Lipinski definition) is 4. The van der Waals surface area contributed by atoms with Gasteiger partial charge in [0, 0.05) is 17.3 Å². The fraction of sp³-hybridized carbons (Fsp3) is 0.0909. The normalized spacial score (nSPS) is 10.7. The molecule has 0 N–H and O–H groups in total. The topological polar surface area (TPSA) is 52.8 Å². The van der Waals surface area contributed by atoms with Gasteiger partial charge in [0.2, 0.25) is 5.78 Å². The van der Waals surface area contributed by atoms with E-state index in [1.54, 1.807) is 14.2 Å². The van der Waals surface area contributed by atoms with Gasteiger partial charge in [-0.1, -0.05) is 36.4 Å². The van der Waals surface area contributed by atoms with Gasteiger partial charge in [0.25, 0.3) is 0 Å². The number of carbonyl (C=O) groups is 1. The van der Waals surface area contributed by atoms with Crippen LogP contribution in [0.15, 0.2) is 72.9 Å². The molecule has 5 nitrogen and oxygen atoms in total. The molecule has 0 spiro atoms. The van der Waals surface area contributed by atoms with E-state index in [9.17, 15) is 4.79 Å². The van der Waals surface area contributed by atoms with Crippen LogP contribution in [-0.4, -0.2) is 29.4 Å². The van der Waals surface area contributed by atoms with Gasteiger partial charge in [-0.25, -0.2) is 4.98 Å². The largest absolute Gasteiger partial charge is 0.493 e. The number of pyridine rings is 1. The average molecular weight is 358 g/mol. The van der Waals surface area contributed by atoms with Crippen molar-refractivity contribution in [2.45, 2.75) is 0 Å². The van der Waals surface area contributed by atoms with Crippen molar-refractivity contribution in [3.05, 3.63) is 84.2 Å². The highest BCUT2D eigenvalue weighted by molar-refractivity contribution is 6.12. The molecule has 4 aromatic rings. The molecule has 2 heterocycles. The number of rotatable bonds is 5. The number of carbonyl (C=O) groups excluding carboxylic acids is 1. The van der Waals surface area contributed by atoms with Crippen molar-refractivity contribution in [2.24, 2.45) is 0 Å². The van der Waals surface area contributed by atoms with Gasteiger partial charge in [-0.2, -0.15) is 0 Å². The quantitative estimate of drug-likeness (QED) is 0.501. The van der Waals surface area contributed by atoms with Crippen LogP contribution in [0.5, 0.6) is 11.5 Å². The summed E-state index contributed by atoms with van der Waals surface area (Å²) in [4.78, 5) is 18.0. The van der Waals surface area contributed by atoms with Crippen molar-refractivity contribution in [2.75, 3.05) is 14.2 Å². The minimum Gasteiger partial charge on any atom is -0.493 e. The third-order valence-corrected chi connectivity index (χ3v) is 4.44. The zero-order valence-electron chi connectivity index (χ0n) is 15.0. The first-order valence-electron chi connectivity index (χ1n) is 8.52. The predicted octanol–water partition coefficient (Wildman–Crippen LogP) is 4.25. The highest BCUT2D eigenvalue weighted by atomic mass is 16.5. The number of methoxy groups -OCH3 is 2. The van der Waals surface area contributed by atoms with E-state index in [0.29, 0.717) is 34.1 Å². The van der Waals surface area contributed by atoms with Gasteiger partial charge >= 0.3 is 0 Å². The molecule has 2 aromatic heterocycles. The second-order valence-corrected chi connectivity index (χ2v) is 6.00. The summed E-state index contributed by atoms with van der Waals surface area (Å²) in [5.41, 5.74) is 3.24. The van der Waals surface area contributed by atoms with Gasteiger partial charge in [0.15, 0.2) is 11.5 Å². The summed E-state index contributed by atoms with van der Waals surface area (Å²) in [6, 6.07) is 20.4. The third kappa shape index (κ3) is 2.93. The van der Waals surface area contributed by atoms with Crippen molar-refractivity contribution < 1.29 is 14.3 Å². The number of nitrogens with zero attached hydrogens (tertiary/aromatic N) is 2. The fourth-order valence-electron chi connectivity index (χ4n) is 3.12. The van der Waals surface area contributed by atoms with Crippen molar-refractivity contribution in [3.63, 3.8) is 0 Å². The zero-order chi connectivity index (χ0) is 18.8. The SMILES string of the molecule is COc1ccc(-c2nc3ccccn3c2C(=O)c2ccccc2)cc1OC. The van der Waals surface area contributed by atoms with Crippen molar-refractivity contribution in [1.82, 2.24) is 9.38 Å². The maximum atomic E-state index is 13.3. The minimum absolute atomic E-state index is 0.0842. The highest BCUT2D eigenvalue weighted by Crippen LogP contribution is 2.34. The van der Waals surface area contributed by atoms with Crippen LogP contribution in [0.3, 0.4) is 0 Å². The smallest absolute Gasteiger partial charge is 0.212 e. The van der Waals surface area contributed by atoms with E-state index in [2.05, 4.69) is 0 Å². The first kappa shape index (κ1) is 16.8. The van der Waals surface area contributed by atoms with Crippen molar-refractivity contribution in [1.29, 1.82) is 0 Å². The summed E-state index contributed by atoms with van der Waals surface area (Å²) in [5, 5.41) is 0. The maximum absolute atomic E-state index is 13.3. The lowest BCUT2D eigenvalue weighted by molar-refractivity contribution is 0.103. The van der Waals surface area contributed by atoms with Crippen LogP contribution in [0.4, 0.5) is 0 Å². The van der Waals surface area contributed by atoms with Crippen LogP contribution in [0, 0.1) is 0 Å². The molecular weight excluding hydrogens is 340 g/mol. The van der Waals surface area contributed by atoms with E-state index >= 15 is 0 Å². The Morgan fingerprint density at radius 3 is 2.37 bits per heavy atom. The molecule has 5 heteroatoms. The lowest BCUT2D eigenvalue weighted by atomic mass is 10.0. The average Bonchev–Trinajstić information content (AvgIpc) is 3.12. The molecule has 0 bridgehead atoms. The maximum Gasteiger partial charge on any atom is 0.212 e. The number of aromatic nitrogens is 2. The second-order valence-electron chi connectivity index (χ2n) is 6.00. The molecule has 0 fully saturated rings. The Morgan fingerprint density at radius 2 is 1.63 bits per heavy atom. The van der Waals surface area contributed by atoms with E-state index in [1.165, 1.54) is 0 Å². The van der Waals surface area contributed by atoms with Gasteiger partial charge < -0.3 is 9.47 Å². The Kier molecular flexibility index (Phi) is 4.34. The number of benzene rings is 2.